The number of rotatable bonds is 16. The minimum absolute atomic E-state index is 0.514. The van der Waals surface area contributed by atoms with Crippen LogP contribution in [0.2, 0.25) is 0 Å². The number of alkyl halides is 1. The lowest BCUT2D eigenvalue weighted by atomic mass is 10.7. The van der Waals surface area contributed by atoms with Gasteiger partial charge in [-0.1, -0.05) is 0 Å². The maximum Gasteiger partial charge on any atom is 0.0701 e. The van der Waals surface area contributed by atoms with Crippen molar-refractivity contribution in [1.29, 1.82) is 0 Å². The van der Waals surface area contributed by atoms with Gasteiger partial charge in [0.05, 0.1) is 66.1 Å². The van der Waals surface area contributed by atoms with Crippen molar-refractivity contribution >= 4 is 11.6 Å². The smallest absolute Gasteiger partial charge is 0.0701 e. The summed E-state index contributed by atoms with van der Waals surface area (Å²) in [5, 5.41) is 0. The number of hydrogen-bond donors (Lipinski definition) is 1. The maximum absolute atomic E-state index is 5.45. The quantitative estimate of drug-likeness (QED) is 0.326. The van der Waals surface area contributed by atoms with Gasteiger partial charge in [-0.25, -0.2) is 0 Å². The van der Waals surface area contributed by atoms with Gasteiger partial charge in [-0.05, 0) is 0 Å². The van der Waals surface area contributed by atoms with Crippen molar-refractivity contribution in [2.45, 2.75) is 0 Å². The highest BCUT2D eigenvalue weighted by molar-refractivity contribution is 6.17. The molecule has 0 fully saturated rings. The van der Waals surface area contributed by atoms with Crippen molar-refractivity contribution in [3.05, 3.63) is 0 Å². The molecule has 0 radical (unpaired) electrons. The molecule has 2 N–H and O–H groups in total. The summed E-state index contributed by atoms with van der Waals surface area (Å²) in [7, 11) is 0. The summed E-state index contributed by atoms with van der Waals surface area (Å²) in [5.41, 5.74) is 5.27. The van der Waals surface area contributed by atoms with Crippen molar-refractivity contribution in [1.82, 2.24) is 0 Å². The molecule has 0 aliphatic carbocycles. The van der Waals surface area contributed by atoms with Crippen LogP contribution in [0.4, 0.5) is 0 Å². The highest BCUT2D eigenvalue weighted by Crippen LogP contribution is 1.84. The largest absolute Gasteiger partial charge is 0.378 e. The molecule has 0 saturated heterocycles. The zero-order valence-electron chi connectivity index (χ0n) is 11.5. The van der Waals surface area contributed by atoms with Gasteiger partial charge in [0.15, 0.2) is 0 Å². The third kappa shape index (κ3) is 18.1. The summed E-state index contributed by atoms with van der Waals surface area (Å²) in [6.07, 6.45) is 0. The van der Waals surface area contributed by atoms with E-state index in [1.807, 2.05) is 0 Å². The molecule has 7 heteroatoms. The van der Waals surface area contributed by atoms with Gasteiger partial charge in [-0.15, -0.1) is 11.6 Å². The van der Waals surface area contributed by atoms with Crippen molar-refractivity contribution in [3.63, 3.8) is 0 Å². The molecule has 0 unspecified atom stereocenters. The molecule has 0 aromatic carbocycles. The lowest BCUT2D eigenvalue weighted by Gasteiger charge is -2.07. The highest BCUT2D eigenvalue weighted by Gasteiger charge is 1.92. The Labute approximate surface area is 120 Å². The average Bonchev–Trinajstić information content (AvgIpc) is 2.43. The number of hydrogen-bond acceptors (Lipinski definition) is 6. The van der Waals surface area contributed by atoms with Gasteiger partial charge in [0.1, 0.15) is 0 Å². The first-order valence-electron chi connectivity index (χ1n) is 6.56. The monoisotopic (exact) mass is 299 g/mol. The first kappa shape index (κ1) is 19.1. The van der Waals surface area contributed by atoms with Gasteiger partial charge in [0, 0.05) is 12.4 Å². The van der Waals surface area contributed by atoms with E-state index >= 15 is 0 Å². The molecule has 0 aromatic heterocycles. The zero-order valence-corrected chi connectivity index (χ0v) is 12.2. The molecular weight excluding hydrogens is 274 g/mol. The predicted octanol–water partition coefficient (Wildman–Crippen LogP) is 0.267. The molecule has 116 valence electrons. The molecule has 0 aliphatic heterocycles. The van der Waals surface area contributed by atoms with Crippen LogP contribution in [0.15, 0.2) is 0 Å². The minimum atomic E-state index is 0.514. The van der Waals surface area contributed by atoms with E-state index in [2.05, 4.69) is 0 Å². The van der Waals surface area contributed by atoms with Gasteiger partial charge in [0.25, 0.3) is 0 Å². The third-order valence-electron chi connectivity index (χ3n) is 1.97. The van der Waals surface area contributed by atoms with Crippen LogP contribution in [0.1, 0.15) is 0 Å². The predicted molar refractivity (Wildman–Crippen MR) is 73.9 cm³/mol. The van der Waals surface area contributed by atoms with E-state index in [0.717, 1.165) is 0 Å². The summed E-state index contributed by atoms with van der Waals surface area (Å²) in [4.78, 5) is 0. The second-order valence-corrected chi connectivity index (χ2v) is 3.92. The molecule has 0 atom stereocenters. The van der Waals surface area contributed by atoms with Gasteiger partial charge >= 0.3 is 0 Å². The maximum atomic E-state index is 5.45. The molecule has 0 rings (SSSR count). The minimum Gasteiger partial charge on any atom is -0.378 e. The summed E-state index contributed by atoms with van der Waals surface area (Å²) in [6, 6.07) is 0. The summed E-state index contributed by atoms with van der Waals surface area (Å²) in [6.45, 7) is 6.19. The van der Waals surface area contributed by atoms with Crippen LogP contribution in [0.25, 0.3) is 0 Å². The van der Waals surface area contributed by atoms with Crippen LogP contribution in [0, 0.1) is 0 Å². The van der Waals surface area contributed by atoms with Gasteiger partial charge in [0.2, 0.25) is 0 Å². The van der Waals surface area contributed by atoms with E-state index in [-0.39, 0.29) is 0 Å². The summed E-state index contributed by atoms with van der Waals surface area (Å²) >= 11 is 5.45. The fourth-order valence-electron chi connectivity index (χ4n) is 1.12. The molecule has 0 aliphatic rings. The lowest BCUT2D eigenvalue weighted by molar-refractivity contribution is -0.00955. The number of ether oxygens (including phenoxy) is 5. The summed E-state index contributed by atoms with van der Waals surface area (Å²) in [5.74, 6) is 0.514. The van der Waals surface area contributed by atoms with Crippen LogP contribution in [-0.2, 0) is 23.7 Å². The van der Waals surface area contributed by atoms with Gasteiger partial charge < -0.3 is 29.4 Å². The van der Waals surface area contributed by atoms with Crippen LogP contribution < -0.4 is 5.73 Å². The molecule has 0 spiro atoms. The van der Waals surface area contributed by atoms with E-state index in [4.69, 9.17) is 41.0 Å². The van der Waals surface area contributed by atoms with E-state index in [0.29, 0.717) is 78.5 Å². The number of nitrogens with two attached hydrogens (primary N) is 1. The van der Waals surface area contributed by atoms with Crippen LogP contribution in [0.5, 0.6) is 0 Å². The van der Waals surface area contributed by atoms with Crippen molar-refractivity contribution in [3.8, 4) is 0 Å². The summed E-state index contributed by atoms with van der Waals surface area (Å²) < 4.78 is 26.2. The normalized spacial score (nSPS) is 11.1. The zero-order chi connectivity index (χ0) is 14.0. The highest BCUT2D eigenvalue weighted by atomic mass is 35.5. The second kappa shape index (κ2) is 18.0. The van der Waals surface area contributed by atoms with Crippen molar-refractivity contribution in [2.75, 3.05) is 78.5 Å². The van der Waals surface area contributed by atoms with Crippen molar-refractivity contribution in [2.24, 2.45) is 5.73 Å². The first-order valence-corrected chi connectivity index (χ1v) is 7.10. The van der Waals surface area contributed by atoms with Crippen LogP contribution >= 0.6 is 11.6 Å². The van der Waals surface area contributed by atoms with E-state index in [1.165, 1.54) is 0 Å². The fraction of sp³-hybridized carbons (Fsp3) is 1.00. The van der Waals surface area contributed by atoms with E-state index in [9.17, 15) is 0 Å². The molecule has 0 aromatic rings. The van der Waals surface area contributed by atoms with Crippen LogP contribution in [-0.4, -0.2) is 78.5 Å². The Balaban J connectivity index is 2.88. The Morgan fingerprint density at radius 3 is 1.16 bits per heavy atom. The second-order valence-electron chi connectivity index (χ2n) is 3.54. The molecule has 0 heterocycles. The number of halogens is 1. The molecule has 0 saturated carbocycles. The van der Waals surface area contributed by atoms with E-state index in [1.54, 1.807) is 0 Å². The molecule has 6 nitrogen and oxygen atoms in total. The Kier molecular flexibility index (Phi) is 18.1. The lowest BCUT2D eigenvalue weighted by Crippen LogP contribution is -2.15. The molecule has 0 bridgehead atoms. The average molecular weight is 300 g/mol. The van der Waals surface area contributed by atoms with Crippen molar-refractivity contribution < 1.29 is 23.7 Å². The first-order chi connectivity index (χ1) is 9.41. The van der Waals surface area contributed by atoms with Gasteiger partial charge in [-0.2, -0.15) is 0 Å². The van der Waals surface area contributed by atoms with Gasteiger partial charge in [-0.3, -0.25) is 0 Å². The standard InChI is InChI=1S/C12H26ClNO5/c13-1-3-15-5-7-17-9-11-19-12-10-18-8-6-16-4-2-14/h1-12,14H2. The Morgan fingerprint density at radius 1 is 0.526 bits per heavy atom. The molecule has 0 amide bonds. The van der Waals surface area contributed by atoms with Crippen LogP contribution in [0.3, 0.4) is 0 Å². The Morgan fingerprint density at radius 2 is 0.842 bits per heavy atom. The Bertz CT molecular complexity index is 149. The third-order valence-corrected chi connectivity index (χ3v) is 2.13. The Hall–Kier alpha value is 0.0500. The topological polar surface area (TPSA) is 72.2 Å². The molecular formula is C12H26ClNO5. The van der Waals surface area contributed by atoms with E-state index < -0.39 is 0 Å². The fourth-order valence-corrected chi connectivity index (χ4v) is 1.23. The molecule has 19 heavy (non-hydrogen) atoms. The SMILES string of the molecule is NCCOCCOCCOCCOCCOCCCl.